The van der Waals surface area contributed by atoms with Gasteiger partial charge >= 0.3 is 0 Å². The molecule has 0 bridgehead atoms. The minimum Gasteiger partial charge on any atom is -0.497 e. The molecule has 0 spiro atoms. The summed E-state index contributed by atoms with van der Waals surface area (Å²) in [5, 5.41) is 2.26. The molecule has 0 aliphatic rings. The van der Waals surface area contributed by atoms with Gasteiger partial charge in [-0.1, -0.05) is 12.1 Å². The van der Waals surface area contributed by atoms with Gasteiger partial charge in [0.15, 0.2) is 0 Å². The lowest BCUT2D eigenvalue weighted by Crippen LogP contribution is -2.31. The topological polar surface area (TPSA) is 55.4 Å². The molecule has 4 nitrogen and oxygen atoms in total. The lowest BCUT2D eigenvalue weighted by molar-refractivity contribution is -0.129. The molecule has 4 heteroatoms. The molecule has 1 aromatic carbocycles. The van der Waals surface area contributed by atoms with E-state index in [0.29, 0.717) is 0 Å². The SMILES string of the molecule is COc1ccc(C(C)C(=O)NC(C)=O)cc1. The zero-order valence-corrected chi connectivity index (χ0v) is 9.61. The first-order valence-corrected chi connectivity index (χ1v) is 5.00. The van der Waals surface area contributed by atoms with E-state index in [1.54, 1.807) is 26.2 Å². The fourth-order valence-corrected chi connectivity index (χ4v) is 1.33. The van der Waals surface area contributed by atoms with Gasteiger partial charge in [0.1, 0.15) is 5.75 Å². The highest BCUT2D eigenvalue weighted by Crippen LogP contribution is 2.19. The number of carbonyl (C=O) groups is 2. The summed E-state index contributed by atoms with van der Waals surface area (Å²) in [6, 6.07) is 7.19. The van der Waals surface area contributed by atoms with Crippen LogP contribution in [-0.2, 0) is 9.59 Å². The Morgan fingerprint density at radius 3 is 2.25 bits per heavy atom. The van der Waals surface area contributed by atoms with E-state index >= 15 is 0 Å². The van der Waals surface area contributed by atoms with Gasteiger partial charge < -0.3 is 4.74 Å². The fraction of sp³-hybridized carbons (Fsp3) is 0.333. The normalized spacial score (nSPS) is 11.7. The van der Waals surface area contributed by atoms with Crippen LogP contribution >= 0.6 is 0 Å². The molecular weight excluding hydrogens is 206 g/mol. The number of methoxy groups -OCH3 is 1. The zero-order valence-electron chi connectivity index (χ0n) is 9.61. The minimum atomic E-state index is -0.352. The van der Waals surface area contributed by atoms with Crippen molar-refractivity contribution < 1.29 is 14.3 Å². The number of imide groups is 1. The molecule has 1 aromatic rings. The van der Waals surface area contributed by atoms with Crippen molar-refractivity contribution in [2.75, 3.05) is 7.11 Å². The average Bonchev–Trinajstić information content (AvgIpc) is 2.27. The van der Waals surface area contributed by atoms with Crippen LogP contribution in [0.4, 0.5) is 0 Å². The second-order valence-electron chi connectivity index (χ2n) is 3.54. The Hall–Kier alpha value is -1.84. The Kier molecular flexibility index (Phi) is 4.05. The number of benzene rings is 1. The van der Waals surface area contributed by atoms with Crippen molar-refractivity contribution in [1.29, 1.82) is 0 Å². The van der Waals surface area contributed by atoms with Gasteiger partial charge in [-0.25, -0.2) is 0 Å². The summed E-state index contributed by atoms with van der Waals surface area (Å²) in [5.74, 6) is -0.249. The third kappa shape index (κ3) is 3.08. The van der Waals surface area contributed by atoms with Crippen LogP contribution in [-0.4, -0.2) is 18.9 Å². The standard InChI is InChI=1S/C12H15NO3/c1-8(12(15)13-9(2)14)10-4-6-11(16-3)7-5-10/h4-8H,1-3H3,(H,13,14,15). The second-order valence-corrected chi connectivity index (χ2v) is 3.54. The number of amides is 2. The van der Waals surface area contributed by atoms with Crippen LogP contribution in [0.15, 0.2) is 24.3 Å². The van der Waals surface area contributed by atoms with Crippen LogP contribution in [0.2, 0.25) is 0 Å². The molecule has 0 saturated carbocycles. The quantitative estimate of drug-likeness (QED) is 0.840. The van der Waals surface area contributed by atoms with Gasteiger partial charge in [0.05, 0.1) is 13.0 Å². The molecule has 1 atom stereocenters. The summed E-state index contributed by atoms with van der Waals surface area (Å²) in [6.07, 6.45) is 0. The minimum absolute atomic E-state index is 0.294. The summed E-state index contributed by atoms with van der Waals surface area (Å²) in [7, 11) is 1.58. The molecule has 0 heterocycles. The largest absolute Gasteiger partial charge is 0.497 e. The molecule has 0 fully saturated rings. The van der Waals surface area contributed by atoms with Gasteiger partial charge in [-0.05, 0) is 24.6 Å². The van der Waals surface area contributed by atoms with E-state index in [4.69, 9.17) is 4.74 Å². The van der Waals surface area contributed by atoms with Crippen molar-refractivity contribution in [1.82, 2.24) is 5.32 Å². The Morgan fingerprint density at radius 2 is 1.81 bits per heavy atom. The summed E-state index contributed by atoms with van der Waals surface area (Å²) in [5.41, 5.74) is 0.847. The molecule has 0 aromatic heterocycles. The predicted molar refractivity (Wildman–Crippen MR) is 60.2 cm³/mol. The first-order valence-electron chi connectivity index (χ1n) is 5.00. The van der Waals surface area contributed by atoms with Gasteiger partial charge in [-0.3, -0.25) is 14.9 Å². The first kappa shape index (κ1) is 12.2. The number of nitrogens with one attached hydrogen (secondary N) is 1. The Bertz CT molecular complexity index is 384. The highest BCUT2D eigenvalue weighted by Gasteiger charge is 2.15. The number of rotatable bonds is 3. The van der Waals surface area contributed by atoms with Gasteiger partial charge in [0, 0.05) is 6.92 Å². The number of hydrogen-bond donors (Lipinski definition) is 1. The number of carbonyl (C=O) groups excluding carboxylic acids is 2. The third-order valence-electron chi connectivity index (χ3n) is 2.31. The van der Waals surface area contributed by atoms with Crippen molar-refractivity contribution in [2.24, 2.45) is 0 Å². The van der Waals surface area contributed by atoms with Crippen LogP contribution in [0.25, 0.3) is 0 Å². The summed E-state index contributed by atoms with van der Waals surface area (Å²) in [6.45, 7) is 3.07. The monoisotopic (exact) mass is 221 g/mol. The maximum absolute atomic E-state index is 11.5. The van der Waals surface area contributed by atoms with Crippen molar-refractivity contribution in [2.45, 2.75) is 19.8 Å². The summed E-state index contributed by atoms with van der Waals surface area (Å²) < 4.78 is 5.02. The maximum atomic E-state index is 11.5. The second kappa shape index (κ2) is 5.30. The highest BCUT2D eigenvalue weighted by molar-refractivity contribution is 5.97. The lowest BCUT2D eigenvalue weighted by atomic mass is 10.0. The molecule has 1 N–H and O–H groups in total. The van der Waals surface area contributed by atoms with Gasteiger partial charge in [-0.2, -0.15) is 0 Å². The van der Waals surface area contributed by atoms with Crippen molar-refractivity contribution in [3.8, 4) is 5.75 Å². The van der Waals surface area contributed by atoms with E-state index < -0.39 is 0 Å². The number of ether oxygens (including phenoxy) is 1. The molecule has 0 saturated heterocycles. The van der Waals surface area contributed by atoms with Gasteiger partial charge in [0.25, 0.3) is 0 Å². The van der Waals surface area contributed by atoms with Crippen LogP contribution in [0.5, 0.6) is 5.75 Å². The van der Waals surface area contributed by atoms with E-state index in [-0.39, 0.29) is 17.7 Å². The molecule has 0 radical (unpaired) electrons. The van der Waals surface area contributed by atoms with Crippen LogP contribution in [0, 0.1) is 0 Å². The maximum Gasteiger partial charge on any atom is 0.233 e. The smallest absolute Gasteiger partial charge is 0.233 e. The van der Waals surface area contributed by atoms with E-state index in [1.165, 1.54) is 6.92 Å². The van der Waals surface area contributed by atoms with Crippen LogP contribution in [0.1, 0.15) is 25.3 Å². The zero-order chi connectivity index (χ0) is 12.1. The Balaban J connectivity index is 2.75. The van der Waals surface area contributed by atoms with Crippen molar-refractivity contribution in [3.05, 3.63) is 29.8 Å². The highest BCUT2D eigenvalue weighted by atomic mass is 16.5. The van der Waals surface area contributed by atoms with Crippen LogP contribution < -0.4 is 10.1 Å². The van der Waals surface area contributed by atoms with Crippen molar-refractivity contribution in [3.63, 3.8) is 0 Å². The molecule has 86 valence electrons. The van der Waals surface area contributed by atoms with E-state index in [9.17, 15) is 9.59 Å². The molecule has 0 aliphatic heterocycles. The molecule has 1 rings (SSSR count). The molecule has 16 heavy (non-hydrogen) atoms. The predicted octanol–water partition coefficient (Wildman–Crippen LogP) is 1.46. The van der Waals surface area contributed by atoms with E-state index in [0.717, 1.165) is 11.3 Å². The third-order valence-corrected chi connectivity index (χ3v) is 2.31. The Morgan fingerprint density at radius 1 is 1.25 bits per heavy atom. The average molecular weight is 221 g/mol. The fourth-order valence-electron chi connectivity index (χ4n) is 1.33. The summed E-state index contributed by atoms with van der Waals surface area (Å²) in [4.78, 5) is 22.3. The summed E-state index contributed by atoms with van der Waals surface area (Å²) >= 11 is 0. The molecular formula is C12H15NO3. The van der Waals surface area contributed by atoms with E-state index in [2.05, 4.69) is 5.32 Å². The molecule has 2 amide bonds. The van der Waals surface area contributed by atoms with Gasteiger partial charge in [-0.15, -0.1) is 0 Å². The molecule has 0 aliphatic carbocycles. The molecule has 1 unspecified atom stereocenters. The van der Waals surface area contributed by atoms with Gasteiger partial charge in [0.2, 0.25) is 11.8 Å². The Labute approximate surface area is 94.6 Å². The van der Waals surface area contributed by atoms with Crippen LogP contribution in [0.3, 0.4) is 0 Å². The van der Waals surface area contributed by atoms with Crippen molar-refractivity contribution >= 4 is 11.8 Å². The van der Waals surface area contributed by atoms with E-state index in [1.807, 2.05) is 12.1 Å². The number of hydrogen-bond acceptors (Lipinski definition) is 3. The first-order chi connectivity index (χ1) is 7.54. The lowest BCUT2D eigenvalue weighted by Gasteiger charge is -2.11.